The standard InChI is InChI=1S/C27H24ClN3O/c1-2-19-12-14-23(15-13-19)29-27(32)31-18-21-7-3-4-10-24(21)30-16-6-11-25(30)26(31)20-8-5-9-22(28)17-20/h3-17,26H,2,18H2,1H3,(H,29,32). The zero-order valence-electron chi connectivity index (χ0n) is 17.8. The van der Waals surface area contributed by atoms with E-state index in [-0.39, 0.29) is 12.1 Å². The van der Waals surface area contributed by atoms with Gasteiger partial charge in [-0.1, -0.05) is 61.0 Å². The van der Waals surface area contributed by atoms with Gasteiger partial charge < -0.3 is 14.8 Å². The number of anilines is 1. The number of nitrogens with zero attached hydrogens (tertiary/aromatic N) is 2. The monoisotopic (exact) mass is 441 g/mol. The SMILES string of the molecule is CCc1ccc(NC(=O)N2Cc3ccccc3-n3cccc3C2c2cccc(Cl)c2)cc1. The van der Waals surface area contributed by atoms with Gasteiger partial charge in [-0.15, -0.1) is 0 Å². The fraction of sp³-hybridized carbons (Fsp3) is 0.148. The van der Waals surface area contributed by atoms with Crippen LogP contribution in [0.5, 0.6) is 0 Å². The van der Waals surface area contributed by atoms with Crippen molar-refractivity contribution in [3.8, 4) is 5.69 Å². The molecule has 4 nitrogen and oxygen atoms in total. The van der Waals surface area contributed by atoms with Gasteiger partial charge in [0.2, 0.25) is 0 Å². The summed E-state index contributed by atoms with van der Waals surface area (Å²) in [4.78, 5) is 15.5. The molecule has 0 saturated heterocycles. The Bertz CT molecular complexity index is 1260. The Morgan fingerprint density at radius 3 is 2.59 bits per heavy atom. The van der Waals surface area contributed by atoms with Crippen LogP contribution in [-0.2, 0) is 13.0 Å². The van der Waals surface area contributed by atoms with Crippen molar-refractivity contribution >= 4 is 23.3 Å². The molecule has 0 spiro atoms. The number of carbonyl (C=O) groups is 1. The predicted octanol–water partition coefficient (Wildman–Crippen LogP) is 6.83. The lowest BCUT2D eigenvalue weighted by Gasteiger charge is -2.31. The topological polar surface area (TPSA) is 37.3 Å². The van der Waals surface area contributed by atoms with Crippen molar-refractivity contribution in [1.82, 2.24) is 9.47 Å². The number of hydrogen-bond donors (Lipinski definition) is 1. The molecule has 1 N–H and O–H groups in total. The number of fused-ring (bicyclic) bond motifs is 3. The number of rotatable bonds is 3. The Morgan fingerprint density at radius 1 is 1.00 bits per heavy atom. The minimum atomic E-state index is -0.286. The highest BCUT2D eigenvalue weighted by Crippen LogP contribution is 2.37. The van der Waals surface area contributed by atoms with E-state index in [4.69, 9.17) is 11.6 Å². The van der Waals surface area contributed by atoms with E-state index >= 15 is 0 Å². The zero-order chi connectivity index (χ0) is 22.1. The van der Waals surface area contributed by atoms with Crippen molar-refractivity contribution in [1.29, 1.82) is 0 Å². The van der Waals surface area contributed by atoms with Crippen molar-refractivity contribution in [3.05, 3.63) is 119 Å². The third-order valence-corrected chi connectivity index (χ3v) is 6.24. The van der Waals surface area contributed by atoms with E-state index in [1.54, 1.807) is 0 Å². The molecular formula is C27H24ClN3O. The number of halogens is 1. The van der Waals surface area contributed by atoms with Gasteiger partial charge >= 0.3 is 6.03 Å². The lowest BCUT2D eigenvalue weighted by Crippen LogP contribution is -2.37. The van der Waals surface area contributed by atoms with Crippen LogP contribution in [0.3, 0.4) is 0 Å². The van der Waals surface area contributed by atoms with Gasteiger partial charge in [0.25, 0.3) is 0 Å². The maximum Gasteiger partial charge on any atom is 0.322 e. The molecule has 160 valence electrons. The first-order chi connectivity index (χ1) is 15.6. The smallest absolute Gasteiger partial charge is 0.318 e. The molecule has 1 aromatic heterocycles. The Balaban J connectivity index is 1.60. The molecule has 0 radical (unpaired) electrons. The van der Waals surface area contributed by atoms with E-state index in [9.17, 15) is 4.79 Å². The molecule has 32 heavy (non-hydrogen) atoms. The summed E-state index contributed by atoms with van der Waals surface area (Å²) in [5.41, 5.74) is 6.19. The van der Waals surface area contributed by atoms with E-state index in [2.05, 4.69) is 41.2 Å². The number of aromatic nitrogens is 1. The summed E-state index contributed by atoms with van der Waals surface area (Å²) in [6.07, 6.45) is 3.02. The third-order valence-electron chi connectivity index (χ3n) is 6.00. The molecule has 1 aliphatic rings. The number of para-hydroxylation sites is 1. The molecule has 3 aromatic carbocycles. The molecule has 1 aliphatic heterocycles. The maximum atomic E-state index is 13.7. The second kappa shape index (κ2) is 8.56. The summed E-state index contributed by atoms with van der Waals surface area (Å²) >= 11 is 6.35. The van der Waals surface area contributed by atoms with Gasteiger partial charge in [-0.3, -0.25) is 0 Å². The van der Waals surface area contributed by atoms with E-state index in [0.717, 1.165) is 34.6 Å². The number of amides is 2. The Morgan fingerprint density at radius 2 is 1.81 bits per heavy atom. The van der Waals surface area contributed by atoms with E-state index in [1.807, 2.05) is 71.6 Å². The fourth-order valence-corrected chi connectivity index (χ4v) is 4.58. The summed E-state index contributed by atoms with van der Waals surface area (Å²) in [6, 6.07) is 27.7. The Hall–Kier alpha value is -3.50. The molecular weight excluding hydrogens is 418 g/mol. The summed E-state index contributed by atoms with van der Waals surface area (Å²) in [7, 11) is 0. The summed E-state index contributed by atoms with van der Waals surface area (Å²) in [5.74, 6) is 0. The van der Waals surface area contributed by atoms with Crippen LogP contribution in [0.25, 0.3) is 5.69 Å². The normalized spacial score (nSPS) is 14.9. The van der Waals surface area contributed by atoms with Crippen molar-refractivity contribution in [2.24, 2.45) is 0 Å². The van der Waals surface area contributed by atoms with Crippen LogP contribution in [0.1, 0.15) is 35.3 Å². The molecule has 1 unspecified atom stereocenters. The molecule has 0 saturated carbocycles. The fourth-order valence-electron chi connectivity index (χ4n) is 4.39. The number of benzene rings is 3. The van der Waals surface area contributed by atoms with E-state index in [1.165, 1.54) is 5.56 Å². The molecule has 2 amide bonds. The van der Waals surface area contributed by atoms with Gasteiger partial charge in [-0.25, -0.2) is 4.79 Å². The van der Waals surface area contributed by atoms with Crippen LogP contribution in [0, 0.1) is 0 Å². The number of aryl methyl sites for hydroxylation is 1. The Kier molecular flexibility index (Phi) is 5.46. The second-order valence-electron chi connectivity index (χ2n) is 8.00. The van der Waals surface area contributed by atoms with E-state index in [0.29, 0.717) is 11.6 Å². The molecule has 0 bridgehead atoms. The van der Waals surface area contributed by atoms with Crippen LogP contribution >= 0.6 is 11.6 Å². The van der Waals surface area contributed by atoms with Crippen LogP contribution in [-0.4, -0.2) is 15.5 Å². The minimum absolute atomic E-state index is 0.149. The summed E-state index contributed by atoms with van der Waals surface area (Å²) in [5, 5.41) is 3.75. The second-order valence-corrected chi connectivity index (χ2v) is 8.43. The molecule has 5 heteroatoms. The number of urea groups is 1. The number of nitrogens with one attached hydrogen (secondary N) is 1. The minimum Gasteiger partial charge on any atom is -0.318 e. The van der Waals surface area contributed by atoms with Gasteiger partial charge in [-0.2, -0.15) is 0 Å². The van der Waals surface area contributed by atoms with Crippen LogP contribution < -0.4 is 5.32 Å². The largest absolute Gasteiger partial charge is 0.322 e. The molecule has 4 aromatic rings. The summed E-state index contributed by atoms with van der Waals surface area (Å²) in [6.45, 7) is 2.60. The van der Waals surface area contributed by atoms with E-state index < -0.39 is 0 Å². The number of hydrogen-bond acceptors (Lipinski definition) is 1. The summed E-state index contributed by atoms with van der Waals surface area (Å²) < 4.78 is 2.17. The van der Waals surface area contributed by atoms with Gasteiger partial charge in [-0.05, 0) is 65.6 Å². The van der Waals surface area contributed by atoms with Crippen molar-refractivity contribution in [2.75, 3.05) is 5.32 Å². The number of carbonyl (C=O) groups excluding carboxylic acids is 1. The molecule has 5 rings (SSSR count). The zero-order valence-corrected chi connectivity index (χ0v) is 18.6. The first-order valence-electron chi connectivity index (χ1n) is 10.8. The van der Waals surface area contributed by atoms with Crippen molar-refractivity contribution in [3.63, 3.8) is 0 Å². The maximum absolute atomic E-state index is 13.7. The highest BCUT2D eigenvalue weighted by molar-refractivity contribution is 6.30. The van der Waals surface area contributed by atoms with Gasteiger partial charge in [0.1, 0.15) is 0 Å². The first-order valence-corrected chi connectivity index (χ1v) is 11.2. The molecule has 0 aliphatic carbocycles. The Labute approximate surface area is 193 Å². The van der Waals surface area contributed by atoms with Gasteiger partial charge in [0.15, 0.2) is 0 Å². The highest BCUT2D eigenvalue weighted by Gasteiger charge is 2.33. The quantitative estimate of drug-likeness (QED) is 0.371. The molecule has 2 heterocycles. The average molecular weight is 442 g/mol. The third kappa shape index (κ3) is 3.78. The van der Waals surface area contributed by atoms with Crippen LogP contribution in [0.15, 0.2) is 91.1 Å². The lowest BCUT2D eigenvalue weighted by atomic mass is 10.0. The predicted molar refractivity (Wildman–Crippen MR) is 129 cm³/mol. The average Bonchev–Trinajstić information content (AvgIpc) is 3.23. The molecule has 1 atom stereocenters. The lowest BCUT2D eigenvalue weighted by molar-refractivity contribution is 0.194. The van der Waals surface area contributed by atoms with Crippen LogP contribution in [0.2, 0.25) is 5.02 Å². The van der Waals surface area contributed by atoms with Crippen molar-refractivity contribution < 1.29 is 4.79 Å². The molecule has 0 fully saturated rings. The van der Waals surface area contributed by atoms with Gasteiger partial charge in [0.05, 0.1) is 18.3 Å². The van der Waals surface area contributed by atoms with Crippen LogP contribution in [0.4, 0.5) is 10.5 Å². The first kappa shape index (κ1) is 20.4. The highest BCUT2D eigenvalue weighted by atomic mass is 35.5. The van der Waals surface area contributed by atoms with Gasteiger partial charge in [0, 0.05) is 22.6 Å². The van der Waals surface area contributed by atoms with Crippen molar-refractivity contribution in [2.45, 2.75) is 25.9 Å².